The SMILES string of the molecule is COCCc1nc(C(N)COC)cs1. The van der Waals surface area contributed by atoms with E-state index in [0.29, 0.717) is 13.2 Å². The number of nitrogens with zero attached hydrogens (tertiary/aromatic N) is 1. The first-order chi connectivity index (χ1) is 6.77. The smallest absolute Gasteiger partial charge is 0.0951 e. The van der Waals surface area contributed by atoms with Crippen LogP contribution in [0, 0.1) is 0 Å². The highest BCUT2D eigenvalue weighted by molar-refractivity contribution is 7.09. The van der Waals surface area contributed by atoms with Crippen LogP contribution in [0.1, 0.15) is 16.7 Å². The van der Waals surface area contributed by atoms with E-state index in [0.717, 1.165) is 17.1 Å². The van der Waals surface area contributed by atoms with Gasteiger partial charge in [-0.3, -0.25) is 0 Å². The van der Waals surface area contributed by atoms with Crippen molar-refractivity contribution in [2.45, 2.75) is 12.5 Å². The molecule has 0 fully saturated rings. The van der Waals surface area contributed by atoms with Gasteiger partial charge in [0.15, 0.2) is 0 Å². The van der Waals surface area contributed by atoms with Crippen LogP contribution in [-0.4, -0.2) is 32.4 Å². The Kier molecular flexibility index (Phi) is 5.03. The van der Waals surface area contributed by atoms with Crippen LogP contribution in [0.15, 0.2) is 5.38 Å². The van der Waals surface area contributed by atoms with Gasteiger partial charge < -0.3 is 15.2 Å². The monoisotopic (exact) mass is 216 g/mol. The Morgan fingerprint density at radius 3 is 2.93 bits per heavy atom. The summed E-state index contributed by atoms with van der Waals surface area (Å²) in [5.41, 5.74) is 6.74. The fourth-order valence-corrected chi connectivity index (χ4v) is 1.91. The predicted octanol–water partition coefficient (Wildman–Crippen LogP) is 0.978. The van der Waals surface area contributed by atoms with Crippen LogP contribution in [0.4, 0.5) is 0 Å². The van der Waals surface area contributed by atoms with Crippen LogP contribution < -0.4 is 5.73 Å². The van der Waals surface area contributed by atoms with E-state index in [2.05, 4.69) is 4.98 Å². The maximum absolute atomic E-state index is 5.84. The number of hydrogen-bond donors (Lipinski definition) is 1. The fourth-order valence-electron chi connectivity index (χ4n) is 1.06. The Balaban J connectivity index is 2.49. The van der Waals surface area contributed by atoms with Crippen molar-refractivity contribution in [3.63, 3.8) is 0 Å². The van der Waals surface area contributed by atoms with Crippen LogP contribution in [0.2, 0.25) is 0 Å². The van der Waals surface area contributed by atoms with Crippen molar-refractivity contribution >= 4 is 11.3 Å². The number of hydrogen-bond acceptors (Lipinski definition) is 5. The molecule has 5 heteroatoms. The topological polar surface area (TPSA) is 57.4 Å². The van der Waals surface area contributed by atoms with E-state index in [-0.39, 0.29) is 6.04 Å². The second kappa shape index (κ2) is 6.08. The molecule has 0 radical (unpaired) electrons. The molecule has 4 nitrogen and oxygen atoms in total. The zero-order chi connectivity index (χ0) is 10.4. The minimum atomic E-state index is -0.118. The van der Waals surface area contributed by atoms with E-state index in [9.17, 15) is 0 Å². The fraction of sp³-hybridized carbons (Fsp3) is 0.667. The number of methoxy groups -OCH3 is 2. The molecule has 0 saturated heterocycles. The van der Waals surface area contributed by atoms with E-state index in [4.69, 9.17) is 15.2 Å². The van der Waals surface area contributed by atoms with Crippen molar-refractivity contribution < 1.29 is 9.47 Å². The van der Waals surface area contributed by atoms with Gasteiger partial charge in [-0.05, 0) is 0 Å². The molecular formula is C9H16N2O2S. The van der Waals surface area contributed by atoms with Gasteiger partial charge in [-0.25, -0.2) is 4.98 Å². The highest BCUT2D eigenvalue weighted by atomic mass is 32.1. The van der Waals surface area contributed by atoms with Gasteiger partial charge in [0.25, 0.3) is 0 Å². The highest BCUT2D eigenvalue weighted by Gasteiger charge is 2.09. The average Bonchev–Trinajstić information content (AvgIpc) is 2.63. The minimum Gasteiger partial charge on any atom is -0.384 e. The normalized spacial score (nSPS) is 13.1. The molecule has 1 heterocycles. The van der Waals surface area contributed by atoms with Crippen molar-refractivity contribution in [3.8, 4) is 0 Å². The number of nitrogens with two attached hydrogens (primary N) is 1. The first-order valence-corrected chi connectivity index (χ1v) is 5.33. The van der Waals surface area contributed by atoms with Gasteiger partial charge in [-0.2, -0.15) is 0 Å². The first kappa shape index (κ1) is 11.6. The van der Waals surface area contributed by atoms with Gasteiger partial charge in [-0.15, -0.1) is 11.3 Å². The zero-order valence-corrected chi connectivity index (χ0v) is 9.34. The van der Waals surface area contributed by atoms with Gasteiger partial charge in [0.05, 0.1) is 30.0 Å². The summed E-state index contributed by atoms with van der Waals surface area (Å²) in [4.78, 5) is 4.40. The Morgan fingerprint density at radius 1 is 1.50 bits per heavy atom. The van der Waals surface area contributed by atoms with E-state index >= 15 is 0 Å². The molecule has 80 valence electrons. The van der Waals surface area contributed by atoms with Crippen molar-refractivity contribution in [1.29, 1.82) is 0 Å². The molecule has 1 unspecified atom stereocenters. The standard InChI is InChI=1S/C9H16N2O2S/c1-12-4-3-9-11-8(6-14-9)7(10)5-13-2/h6-7H,3-5,10H2,1-2H3. The molecule has 0 aliphatic heterocycles. The van der Waals surface area contributed by atoms with Crippen molar-refractivity contribution in [1.82, 2.24) is 4.98 Å². The van der Waals surface area contributed by atoms with Gasteiger partial charge >= 0.3 is 0 Å². The predicted molar refractivity (Wildman–Crippen MR) is 56.5 cm³/mol. The van der Waals surface area contributed by atoms with E-state index < -0.39 is 0 Å². The quantitative estimate of drug-likeness (QED) is 0.770. The summed E-state index contributed by atoms with van der Waals surface area (Å²) in [6, 6.07) is -0.118. The molecule has 1 rings (SSSR count). The Hall–Kier alpha value is -0.490. The van der Waals surface area contributed by atoms with Crippen molar-refractivity contribution in [2.75, 3.05) is 27.4 Å². The second-order valence-corrected chi connectivity index (χ2v) is 3.91. The third kappa shape index (κ3) is 3.34. The maximum atomic E-state index is 5.84. The largest absolute Gasteiger partial charge is 0.384 e. The summed E-state index contributed by atoms with van der Waals surface area (Å²) in [5, 5.41) is 3.04. The van der Waals surface area contributed by atoms with Crippen molar-refractivity contribution in [2.24, 2.45) is 5.73 Å². The van der Waals surface area contributed by atoms with E-state index in [1.165, 1.54) is 0 Å². The Bertz CT molecular complexity index is 265. The molecule has 1 aromatic heterocycles. The van der Waals surface area contributed by atoms with Crippen LogP contribution in [0.3, 0.4) is 0 Å². The maximum Gasteiger partial charge on any atom is 0.0951 e. The summed E-state index contributed by atoms with van der Waals surface area (Å²) in [7, 11) is 3.32. The Labute approximate surface area is 88.0 Å². The van der Waals surface area contributed by atoms with E-state index in [1.807, 2.05) is 5.38 Å². The molecule has 0 aliphatic carbocycles. The number of aromatic nitrogens is 1. The molecule has 14 heavy (non-hydrogen) atoms. The van der Waals surface area contributed by atoms with Gasteiger partial charge in [0.1, 0.15) is 0 Å². The lowest BCUT2D eigenvalue weighted by Crippen LogP contribution is -2.16. The van der Waals surface area contributed by atoms with Crippen LogP contribution in [-0.2, 0) is 15.9 Å². The van der Waals surface area contributed by atoms with Crippen LogP contribution in [0.5, 0.6) is 0 Å². The summed E-state index contributed by atoms with van der Waals surface area (Å²) < 4.78 is 9.94. The number of rotatable bonds is 6. The number of thiazole rings is 1. The lowest BCUT2D eigenvalue weighted by atomic mass is 10.2. The summed E-state index contributed by atoms with van der Waals surface area (Å²) in [6.07, 6.45) is 0.848. The molecular weight excluding hydrogens is 200 g/mol. The third-order valence-corrected chi connectivity index (χ3v) is 2.74. The first-order valence-electron chi connectivity index (χ1n) is 4.45. The van der Waals surface area contributed by atoms with Crippen molar-refractivity contribution in [3.05, 3.63) is 16.1 Å². The van der Waals surface area contributed by atoms with Gasteiger partial charge in [-0.1, -0.05) is 0 Å². The molecule has 2 N–H and O–H groups in total. The molecule has 0 saturated carbocycles. The van der Waals surface area contributed by atoms with E-state index in [1.54, 1.807) is 25.6 Å². The molecule has 0 aliphatic rings. The molecule has 0 amide bonds. The lowest BCUT2D eigenvalue weighted by molar-refractivity contribution is 0.179. The van der Waals surface area contributed by atoms with Crippen LogP contribution >= 0.6 is 11.3 Å². The molecule has 1 atom stereocenters. The molecule has 0 aromatic carbocycles. The van der Waals surface area contributed by atoms with Crippen LogP contribution in [0.25, 0.3) is 0 Å². The lowest BCUT2D eigenvalue weighted by Gasteiger charge is -2.05. The third-order valence-electron chi connectivity index (χ3n) is 1.82. The molecule has 0 spiro atoms. The average molecular weight is 216 g/mol. The van der Waals surface area contributed by atoms with Gasteiger partial charge in [0.2, 0.25) is 0 Å². The zero-order valence-electron chi connectivity index (χ0n) is 8.53. The summed E-state index contributed by atoms with van der Waals surface area (Å²) in [6.45, 7) is 1.21. The molecule has 0 bridgehead atoms. The summed E-state index contributed by atoms with van der Waals surface area (Å²) in [5.74, 6) is 0. The minimum absolute atomic E-state index is 0.118. The second-order valence-electron chi connectivity index (χ2n) is 2.97. The Morgan fingerprint density at radius 2 is 2.29 bits per heavy atom. The highest BCUT2D eigenvalue weighted by Crippen LogP contribution is 2.15. The van der Waals surface area contributed by atoms with Gasteiger partial charge in [0, 0.05) is 26.0 Å². The molecule has 1 aromatic rings. The number of ether oxygens (including phenoxy) is 2. The summed E-state index contributed by atoms with van der Waals surface area (Å²) >= 11 is 1.62.